The number of nitrogens with two attached hydrogens (primary N) is 1. The summed E-state index contributed by atoms with van der Waals surface area (Å²) in [5.74, 6) is -0.324. The van der Waals surface area contributed by atoms with E-state index in [-0.39, 0.29) is 19.0 Å². The maximum atomic E-state index is 13.5. The van der Waals surface area contributed by atoms with Gasteiger partial charge in [-0.15, -0.1) is 0 Å². The molecule has 0 saturated carbocycles. The van der Waals surface area contributed by atoms with Gasteiger partial charge in [0.1, 0.15) is 5.82 Å². The third-order valence-corrected chi connectivity index (χ3v) is 3.75. The Balaban J connectivity index is 2.42. The summed E-state index contributed by atoms with van der Waals surface area (Å²) >= 11 is 0. The van der Waals surface area contributed by atoms with Gasteiger partial charge in [-0.3, -0.25) is 4.68 Å². The van der Waals surface area contributed by atoms with Gasteiger partial charge in [0.15, 0.2) is 0 Å². The van der Waals surface area contributed by atoms with Gasteiger partial charge in [-0.05, 0) is 30.7 Å². The van der Waals surface area contributed by atoms with Crippen molar-refractivity contribution in [2.75, 3.05) is 13.2 Å². The van der Waals surface area contributed by atoms with Crippen molar-refractivity contribution in [1.29, 1.82) is 0 Å². The van der Waals surface area contributed by atoms with Gasteiger partial charge < -0.3 is 10.8 Å². The SMILES string of the molecule is Cc1cc(CC(CN)(CO)c2cccc(F)c2)n(C)n1. The monoisotopic (exact) mass is 277 g/mol. The molecule has 2 aromatic rings. The van der Waals surface area contributed by atoms with E-state index in [1.54, 1.807) is 16.8 Å². The zero-order valence-corrected chi connectivity index (χ0v) is 11.8. The van der Waals surface area contributed by atoms with Crippen molar-refractivity contribution in [3.8, 4) is 0 Å². The normalized spacial score (nSPS) is 14.2. The van der Waals surface area contributed by atoms with E-state index in [0.29, 0.717) is 12.0 Å². The number of aryl methyl sites for hydroxylation is 2. The maximum absolute atomic E-state index is 13.5. The van der Waals surface area contributed by atoms with Crippen molar-refractivity contribution < 1.29 is 9.50 Å². The van der Waals surface area contributed by atoms with Crippen molar-refractivity contribution in [3.63, 3.8) is 0 Å². The van der Waals surface area contributed by atoms with Crippen LogP contribution in [-0.4, -0.2) is 28.0 Å². The molecule has 0 radical (unpaired) electrons. The first-order valence-corrected chi connectivity index (χ1v) is 6.57. The number of nitrogens with zero attached hydrogens (tertiary/aromatic N) is 2. The van der Waals surface area contributed by atoms with Gasteiger partial charge >= 0.3 is 0 Å². The quantitative estimate of drug-likeness (QED) is 0.866. The van der Waals surface area contributed by atoms with Gasteiger partial charge in [0.2, 0.25) is 0 Å². The third kappa shape index (κ3) is 2.73. The number of halogens is 1. The predicted molar refractivity (Wildman–Crippen MR) is 75.9 cm³/mol. The molecule has 1 aromatic carbocycles. The van der Waals surface area contributed by atoms with Crippen LogP contribution in [-0.2, 0) is 18.9 Å². The summed E-state index contributed by atoms with van der Waals surface area (Å²) in [6.07, 6.45) is 0.515. The summed E-state index contributed by atoms with van der Waals surface area (Å²) in [5, 5.41) is 14.1. The Morgan fingerprint density at radius 3 is 2.65 bits per heavy atom. The van der Waals surface area contributed by atoms with Gasteiger partial charge in [0, 0.05) is 31.1 Å². The van der Waals surface area contributed by atoms with Crippen LogP contribution in [0.15, 0.2) is 30.3 Å². The van der Waals surface area contributed by atoms with Crippen LogP contribution in [0.3, 0.4) is 0 Å². The number of hydrogen-bond donors (Lipinski definition) is 2. The van der Waals surface area contributed by atoms with Crippen LogP contribution in [0, 0.1) is 12.7 Å². The summed E-state index contributed by atoms with van der Waals surface area (Å²) in [6, 6.07) is 8.22. The van der Waals surface area contributed by atoms with E-state index in [1.165, 1.54) is 12.1 Å². The Labute approximate surface area is 118 Å². The number of aliphatic hydroxyl groups is 1. The highest BCUT2D eigenvalue weighted by Crippen LogP contribution is 2.28. The first-order chi connectivity index (χ1) is 9.50. The minimum Gasteiger partial charge on any atom is -0.395 e. The zero-order chi connectivity index (χ0) is 14.8. The van der Waals surface area contributed by atoms with Crippen LogP contribution in [0.1, 0.15) is 17.0 Å². The average Bonchev–Trinajstić information content (AvgIpc) is 2.74. The molecule has 3 N–H and O–H groups in total. The van der Waals surface area contributed by atoms with Crippen molar-refractivity contribution in [3.05, 3.63) is 53.1 Å². The Morgan fingerprint density at radius 2 is 2.15 bits per heavy atom. The first kappa shape index (κ1) is 14.7. The molecule has 0 saturated heterocycles. The Kier molecular flexibility index (Phi) is 4.20. The van der Waals surface area contributed by atoms with Crippen LogP contribution >= 0.6 is 0 Å². The third-order valence-electron chi connectivity index (χ3n) is 3.75. The Morgan fingerprint density at radius 1 is 1.40 bits per heavy atom. The highest BCUT2D eigenvalue weighted by Gasteiger charge is 2.32. The molecule has 0 bridgehead atoms. The molecular formula is C15H20FN3O. The highest BCUT2D eigenvalue weighted by atomic mass is 19.1. The summed E-state index contributed by atoms with van der Waals surface area (Å²) in [5.41, 5.74) is 7.78. The minimum absolute atomic E-state index is 0.142. The fourth-order valence-corrected chi connectivity index (χ4v) is 2.50. The maximum Gasteiger partial charge on any atom is 0.123 e. The Bertz CT molecular complexity index is 591. The van der Waals surface area contributed by atoms with E-state index >= 15 is 0 Å². The topological polar surface area (TPSA) is 64.1 Å². The van der Waals surface area contributed by atoms with Crippen molar-refractivity contribution in [1.82, 2.24) is 9.78 Å². The predicted octanol–water partition coefficient (Wildman–Crippen LogP) is 1.30. The van der Waals surface area contributed by atoms with Crippen LogP contribution in [0.2, 0.25) is 0 Å². The summed E-state index contributed by atoms with van der Waals surface area (Å²) in [4.78, 5) is 0. The molecule has 0 aliphatic rings. The molecule has 0 aliphatic heterocycles. The fraction of sp³-hybridized carbons (Fsp3) is 0.400. The smallest absolute Gasteiger partial charge is 0.123 e. The van der Waals surface area contributed by atoms with E-state index in [9.17, 15) is 9.50 Å². The first-order valence-electron chi connectivity index (χ1n) is 6.57. The molecule has 20 heavy (non-hydrogen) atoms. The fourth-order valence-electron chi connectivity index (χ4n) is 2.50. The lowest BCUT2D eigenvalue weighted by Crippen LogP contribution is -2.41. The molecule has 4 nitrogen and oxygen atoms in total. The van der Waals surface area contributed by atoms with Gasteiger partial charge in [0.05, 0.1) is 12.3 Å². The zero-order valence-electron chi connectivity index (χ0n) is 11.8. The second-order valence-electron chi connectivity index (χ2n) is 5.23. The number of aromatic nitrogens is 2. The van der Waals surface area contributed by atoms with Crippen molar-refractivity contribution in [2.45, 2.75) is 18.8 Å². The molecule has 1 atom stereocenters. The number of rotatable bonds is 5. The molecule has 0 aliphatic carbocycles. The Hall–Kier alpha value is -1.72. The molecular weight excluding hydrogens is 257 g/mol. The molecule has 108 valence electrons. The van der Waals surface area contributed by atoms with Gasteiger partial charge in [-0.2, -0.15) is 5.10 Å². The van der Waals surface area contributed by atoms with E-state index in [2.05, 4.69) is 5.10 Å². The van der Waals surface area contributed by atoms with Crippen LogP contribution in [0.5, 0.6) is 0 Å². The van der Waals surface area contributed by atoms with Crippen LogP contribution in [0.4, 0.5) is 4.39 Å². The largest absolute Gasteiger partial charge is 0.395 e. The minimum atomic E-state index is -0.692. The number of benzene rings is 1. The molecule has 1 unspecified atom stereocenters. The average molecular weight is 277 g/mol. The summed E-state index contributed by atoms with van der Waals surface area (Å²) in [6.45, 7) is 2.00. The molecule has 2 rings (SSSR count). The number of aliphatic hydroxyl groups excluding tert-OH is 1. The molecule has 5 heteroatoms. The molecule has 0 amide bonds. The van der Waals surface area contributed by atoms with Gasteiger partial charge in [-0.25, -0.2) is 4.39 Å². The van der Waals surface area contributed by atoms with Crippen molar-refractivity contribution in [2.24, 2.45) is 12.8 Å². The molecule has 1 aromatic heterocycles. The molecule has 0 fully saturated rings. The molecule has 1 heterocycles. The standard InChI is InChI=1S/C15H20FN3O/c1-11-6-14(19(2)18-11)8-15(9-17,10-20)12-4-3-5-13(16)7-12/h3-7,20H,8-10,17H2,1-2H3. The highest BCUT2D eigenvalue weighted by molar-refractivity contribution is 5.29. The second kappa shape index (κ2) is 5.73. The lowest BCUT2D eigenvalue weighted by molar-refractivity contribution is 0.194. The number of hydrogen-bond acceptors (Lipinski definition) is 3. The van der Waals surface area contributed by atoms with Crippen molar-refractivity contribution >= 4 is 0 Å². The van der Waals surface area contributed by atoms with E-state index in [4.69, 9.17) is 5.73 Å². The van der Waals surface area contributed by atoms with Gasteiger partial charge in [0.25, 0.3) is 0 Å². The van der Waals surface area contributed by atoms with E-state index < -0.39 is 5.41 Å². The van der Waals surface area contributed by atoms with Crippen LogP contribution in [0.25, 0.3) is 0 Å². The van der Waals surface area contributed by atoms with Gasteiger partial charge in [-0.1, -0.05) is 12.1 Å². The van der Waals surface area contributed by atoms with E-state index in [1.807, 2.05) is 20.0 Å². The lowest BCUT2D eigenvalue weighted by Gasteiger charge is -2.31. The lowest BCUT2D eigenvalue weighted by atomic mass is 9.77. The van der Waals surface area contributed by atoms with Crippen LogP contribution < -0.4 is 5.73 Å². The summed E-state index contributed by atoms with van der Waals surface area (Å²) in [7, 11) is 1.85. The van der Waals surface area contributed by atoms with E-state index in [0.717, 1.165) is 11.4 Å². The molecule has 0 spiro atoms. The summed E-state index contributed by atoms with van der Waals surface area (Å²) < 4.78 is 15.2. The second-order valence-corrected chi connectivity index (χ2v) is 5.23.